The molecular weight excluding hydrogens is 420 g/mol. The van der Waals surface area contributed by atoms with Gasteiger partial charge in [0.25, 0.3) is 5.56 Å². The Bertz CT molecular complexity index is 1380. The predicted octanol–water partition coefficient (Wildman–Crippen LogP) is 2.18. The third kappa shape index (κ3) is 4.71. The minimum Gasteiger partial charge on any atom is -0.468 e. The summed E-state index contributed by atoms with van der Waals surface area (Å²) in [7, 11) is -3.72. The summed E-state index contributed by atoms with van der Waals surface area (Å²) < 4.78 is 32.3. The quantitative estimate of drug-likeness (QED) is 0.405. The summed E-state index contributed by atoms with van der Waals surface area (Å²) in [5, 5.41) is 10.1. The molecule has 31 heavy (non-hydrogen) atoms. The van der Waals surface area contributed by atoms with Crippen LogP contribution >= 0.6 is 0 Å². The molecule has 0 bridgehead atoms. The van der Waals surface area contributed by atoms with Gasteiger partial charge in [-0.05, 0) is 42.5 Å². The molecule has 10 heteroatoms. The smallest absolute Gasteiger partial charge is 0.272 e. The molecule has 0 spiro atoms. The van der Waals surface area contributed by atoms with Gasteiger partial charge in [-0.3, -0.25) is 9.59 Å². The molecule has 2 aromatic carbocycles. The van der Waals surface area contributed by atoms with E-state index in [1.807, 2.05) is 0 Å². The lowest BCUT2D eigenvalue weighted by Crippen LogP contribution is -2.23. The molecule has 0 unspecified atom stereocenters. The van der Waals surface area contributed by atoms with E-state index in [0.717, 1.165) is 0 Å². The Morgan fingerprint density at radius 2 is 1.74 bits per heavy atom. The number of hydrogen-bond acceptors (Lipinski definition) is 6. The van der Waals surface area contributed by atoms with Crippen LogP contribution in [0.4, 0.5) is 5.69 Å². The van der Waals surface area contributed by atoms with Gasteiger partial charge in [0.1, 0.15) is 5.76 Å². The Balaban J connectivity index is 1.43. The first-order valence-corrected chi connectivity index (χ1v) is 10.8. The molecular formula is C21H18N4O5S. The number of rotatable bonds is 7. The fourth-order valence-electron chi connectivity index (χ4n) is 3.04. The van der Waals surface area contributed by atoms with E-state index in [9.17, 15) is 18.0 Å². The van der Waals surface area contributed by atoms with E-state index in [1.54, 1.807) is 36.4 Å². The van der Waals surface area contributed by atoms with Gasteiger partial charge in [-0.2, -0.15) is 5.10 Å². The number of nitrogens with zero attached hydrogens (tertiary/aromatic N) is 1. The molecule has 3 N–H and O–H groups in total. The number of fused-ring (bicyclic) bond motifs is 1. The van der Waals surface area contributed by atoms with Crippen molar-refractivity contribution < 1.29 is 17.6 Å². The second-order valence-electron chi connectivity index (χ2n) is 6.70. The number of amides is 1. The monoisotopic (exact) mass is 438 g/mol. The van der Waals surface area contributed by atoms with Crippen LogP contribution in [0.15, 0.2) is 81.0 Å². The van der Waals surface area contributed by atoms with Crippen molar-refractivity contribution in [3.63, 3.8) is 0 Å². The molecule has 4 rings (SSSR count). The highest BCUT2D eigenvalue weighted by Gasteiger charge is 2.15. The normalized spacial score (nSPS) is 11.5. The van der Waals surface area contributed by atoms with Crippen molar-refractivity contribution in [2.75, 3.05) is 5.32 Å². The maximum atomic E-state index is 12.4. The van der Waals surface area contributed by atoms with Gasteiger partial charge in [-0.15, -0.1) is 0 Å². The molecule has 0 saturated heterocycles. The van der Waals surface area contributed by atoms with Crippen LogP contribution in [0.5, 0.6) is 0 Å². The number of furan rings is 1. The van der Waals surface area contributed by atoms with Gasteiger partial charge in [0.05, 0.1) is 35.2 Å². The molecule has 0 aliphatic heterocycles. The van der Waals surface area contributed by atoms with Gasteiger partial charge in [0.2, 0.25) is 15.9 Å². The van der Waals surface area contributed by atoms with Gasteiger partial charge in [0, 0.05) is 11.1 Å². The van der Waals surface area contributed by atoms with Crippen molar-refractivity contribution in [3.05, 3.63) is 88.7 Å². The Kier molecular flexibility index (Phi) is 5.65. The molecule has 158 valence electrons. The molecule has 0 radical (unpaired) electrons. The maximum Gasteiger partial charge on any atom is 0.272 e. The summed E-state index contributed by atoms with van der Waals surface area (Å²) in [6, 6.07) is 16.0. The number of hydrogen-bond donors (Lipinski definition) is 3. The van der Waals surface area contributed by atoms with Crippen molar-refractivity contribution in [1.29, 1.82) is 0 Å². The second-order valence-corrected chi connectivity index (χ2v) is 8.47. The third-order valence-electron chi connectivity index (χ3n) is 4.57. The zero-order chi connectivity index (χ0) is 21.8. The van der Waals surface area contributed by atoms with Gasteiger partial charge in [0.15, 0.2) is 0 Å². The van der Waals surface area contributed by atoms with E-state index in [-0.39, 0.29) is 29.3 Å². The fourth-order valence-corrected chi connectivity index (χ4v) is 4.04. The minimum absolute atomic E-state index is 0.0357. The van der Waals surface area contributed by atoms with Crippen LogP contribution in [-0.2, 0) is 27.8 Å². The number of benzene rings is 2. The first kappa shape index (κ1) is 20.5. The molecule has 0 aliphatic rings. The van der Waals surface area contributed by atoms with Crippen LogP contribution in [0.3, 0.4) is 0 Å². The van der Waals surface area contributed by atoms with E-state index in [2.05, 4.69) is 20.2 Å². The largest absolute Gasteiger partial charge is 0.468 e. The van der Waals surface area contributed by atoms with Crippen molar-refractivity contribution in [2.24, 2.45) is 0 Å². The zero-order valence-corrected chi connectivity index (χ0v) is 17.0. The fraction of sp³-hybridized carbons (Fsp3) is 0.0952. The Morgan fingerprint density at radius 1 is 1.00 bits per heavy atom. The molecule has 0 atom stereocenters. The molecule has 0 aliphatic carbocycles. The number of aromatic nitrogens is 2. The minimum atomic E-state index is -3.72. The van der Waals surface area contributed by atoms with Crippen molar-refractivity contribution in [2.45, 2.75) is 17.9 Å². The van der Waals surface area contributed by atoms with Crippen LogP contribution in [0.25, 0.3) is 10.8 Å². The second kappa shape index (κ2) is 8.54. The molecule has 0 fully saturated rings. The van der Waals surface area contributed by atoms with E-state index in [0.29, 0.717) is 27.9 Å². The number of nitrogens with one attached hydrogen (secondary N) is 3. The van der Waals surface area contributed by atoms with Crippen LogP contribution in [0.2, 0.25) is 0 Å². The average Bonchev–Trinajstić information content (AvgIpc) is 3.29. The molecule has 2 aromatic heterocycles. The number of H-pyrrole nitrogens is 1. The van der Waals surface area contributed by atoms with Crippen molar-refractivity contribution in [3.8, 4) is 0 Å². The topological polar surface area (TPSA) is 134 Å². The molecule has 0 saturated carbocycles. The lowest BCUT2D eigenvalue weighted by Gasteiger charge is -2.09. The summed E-state index contributed by atoms with van der Waals surface area (Å²) in [6.45, 7) is 0.0357. The Labute approximate surface area is 177 Å². The van der Waals surface area contributed by atoms with E-state index < -0.39 is 10.0 Å². The molecule has 4 aromatic rings. The van der Waals surface area contributed by atoms with Gasteiger partial charge < -0.3 is 9.73 Å². The zero-order valence-electron chi connectivity index (χ0n) is 16.2. The predicted molar refractivity (Wildman–Crippen MR) is 114 cm³/mol. The Morgan fingerprint density at radius 3 is 2.45 bits per heavy atom. The average molecular weight is 438 g/mol. The van der Waals surface area contributed by atoms with Crippen molar-refractivity contribution >= 4 is 32.4 Å². The van der Waals surface area contributed by atoms with Crippen LogP contribution < -0.4 is 15.6 Å². The standard InChI is InChI=1S/C21H18N4O5S/c26-20(12-19-17-5-1-2-6-18(17)21(27)25-24-19)23-14-7-9-16(10-8-14)31(28,29)22-13-15-4-3-11-30-15/h1-11,22H,12-13H2,(H,23,26)(H,25,27). The number of carbonyl (C=O) groups excluding carboxylic acids is 1. The summed E-state index contributed by atoms with van der Waals surface area (Å²) in [6.07, 6.45) is 1.41. The van der Waals surface area contributed by atoms with Gasteiger partial charge in [-0.25, -0.2) is 18.2 Å². The molecule has 9 nitrogen and oxygen atoms in total. The van der Waals surface area contributed by atoms with Crippen LogP contribution in [0.1, 0.15) is 11.5 Å². The third-order valence-corrected chi connectivity index (χ3v) is 5.99. The highest BCUT2D eigenvalue weighted by molar-refractivity contribution is 7.89. The summed E-state index contributed by atoms with van der Waals surface area (Å²) in [4.78, 5) is 24.4. The van der Waals surface area contributed by atoms with E-state index >= 15 is 0 Å². The highest BCUT2D eigenvalue weighted by Crippen LogP contribution is 2.16. The summed E-state index contributed by atoms with van der Waals surface area (Å²) in [5.74, 6) is 0.145. The van der Waals surface area contributed by atoms with E-state index in [1.165, 1.54) is 30.5 Å². The summed E-state index contributed by atoms with van der Waals surface area (Å²) >= 11 is 0. The highest BCUT2D eigenvalue weighted by atomic mass is 32.2. The summed E-state index contributed by atoms with van der Waals surface area (Å²) in [5.41, 5.74) is 0.551. The number of sulfonamides is 1. The number of anilines is 1. The molecule has 1 amide bonds. The first-order valence-electron chi connectivity index (χ1n) is 9.31. The Hall–Kier alpha value is -3.76. The van der Waals surface area contributed by atoms with Crippen LogP contribution in [-0.4, -0.2) is 24.5 Å². The van der Waals surface area contributed by atoms with Gasteiger partial charge in [-0.1, -0.05) is 18.2 Å². The first-order chi connectivity index (χ1) is 14.9. The van der Waals surface area contributed by atoms with Crippen LogP contribution in [0, 0.1) is 0 Å². The van der Waals surface area contributed by atoms with Crippen molar-refractivity contribution in [1.82, 2.24) is 14.9 Å². The van der Waals surface area contributed by atoms with Gasteiger partial charge >= 0.3 is 0 Å². The maximum absolute atomic E-state index is 12.4. The molecule has 2 heterocycles. The SMILES string of the molecule is O=C(Cc1n[nH]c(=O)c2ccccc12)Nc1ccc(S(=O)(=O)NCc2ccco2)cc1. The van der Waals surface area contributed by atoms with E-state index in [4.69, 9.17) is 4.42 Å². The number of aromatic amines is 1. The lowest BCUT2D eigenvalue weighted by molar-refractivity contribution is -0.115. The number of carbonyl (C=O) groups is 1. The lowest BCUT2D eigenvalue weighted by atomic mass is 10.1.